The van der Waals surface area contributed by atoms with Crippen molar-refractivity contribution in [3.05, 3.63) is 0 Å². The molecule has 3 nitrogen and oxygen atoms in total. The summed E-state index contributed by atoms with van der Waals surface area (Å²) in [4.78, 5) is 0. The van der Waals surface area contributed by atoms with Gasteiger partial charge in [-0.2, -0.15) is 0 Å². The van der Waals surface area contributed by atoms with Gasteiger partial charge in [-0.1, -0.05) is 13.8 Å². The molecule has 0 aliphatic carbocycles. The fourth-order valence-corrected chi connectivity index (χ4v) is 1.26. The molecular weight excluding hydrogens is 144 g/mol. The van der Waals surface area contributed by atoms with Crippen molar-refractivity contribution in [1.82, 2.24) is 0 Å². The van der Waals surface area contributed by atoms with Crippen LogP contribution in [-0.2, 0) is 14.2 Å². The predicted molar refractivity (Wildman–Crippen MR) is 41.1 cm³/mol. The largest absolute Gasteiger partial charge is 0.353 e. The van der Waals surface area contributed by atoms with Gasteiger partial charge in [-0.05, 0) is 12.8 Å². The summed E-state index contributed by atoms with van der Waals surface area (Å²) in [6.07, 6.45) is 1.59. The minimum Gasteiger partial charge on any atom is -0.353 e. The number of ether oxygens (including phenoxy) is 3. The molecule has 0 amide bonds. The van der Waals surface area contributed by atoms with E-state index in [0.717, 1.165) is 12.8 Å². The summed E-state index contributed by atoms with van der Waals surface area (Å²) in [6, 6.07) is 0. The minimum absolute atomic E-state index is 0.171. The number of hydrogen-bond acceptors (Lipinski definition) is 3. The van der Waals surface area contributed by atoms with Crippen LogP contribution in [-0.4, -0.2) is 25.8 Å². The first-order chi connectivity index (χ1) is 5.26. The highest BCUT2D eigenvalue weighted by atomic mass is 16.8. The molecule has 0 spiro atoms. The molecule has 0 radical (unpaired) electrons. The first kappa shape index (κ1) is 8.97. The Kier molecular flexibility index (Phi) is 2.87. The lowest BCUT2D eigenvalue weighted by atomic mass is 10.1. The average molecular weight is 160 g/mol. The Labute approximate surface area is 67.6 Å². The summed E-state index contributed by atoms with van der Waals surface area (Å²) in [5.41, 5.74) is 0. The van der Waals surface area contributed by atoms with Gasteiger partial charge >= 0.3 is 0 Å². The number of methoxy groups -OCH3 is 1. The van der Waals surface area contributed by atoms with Crippen molar-refractivity contribution in [1.29, 1.82) is 0 Å². The monoisotopic (exact) mass is 160 g/mol. The van der Waals surface area contributed by atoms with Crippen LogP contribution in [0.25, 0.3) is 0 Å². The van der Waals surface area contributed by atoms with Crippen LogP contribution >= 0.6 is 0 Å². The summed E-state index contributed by atoms with van der Waals surface area (Å²) >= 11 is 0. The molecule has 0 N–H and O–H groups in total. The van der Waals surface area contributed by atoms with Crippen molar-refractivity contribution in [2.45, 2.75) is 38.8 Å². The van der Waals surface area contributed by atoms with Gasteiger partial charge in [0.2, 0.25) is 0 Å². The van der Waals surface area contributed by atoms with Crippen molar-refractivity contribution >= 4 is 0 Å². The van der Waals surface area contributed by atoms with Gasteiger partial charge in [-0.15, -0.1) is 0 Å². The van der Waals surface area contributed by atoms with Crippen molar-refractivity contribution in [3.8, 4) is 0 Å². The molecule has 1 rings (SSSR count). The molecule has 3 heteroatoms. The summed E-state index contributed by atoms with van der Waals surface area (Å²) in [5.74, 6) is -0.374. The van der Waals surface area contributed by atoms with Gasteiger partial charge in [-0.25, -0.2) is 0 Å². The highest BCUT2D eigenvalue weighted by Gasteiger charge is 2.38. The van der Waals surface area contributed by atoms with Crippen molar-refractivity contribution in [2.75, 3.05) is 13.7 Å². The Bertz CT molecular complexity index is 121. The van der Waals surface area contributed by atoms with Crippen molar-refractivity contribution in [2.24, 2.45) is 0 Å². The molecule has 11 heavy (non-hydrogen) atoms. The summed E-state index contributed by atoms with van der Waals surface area (Å²) < 4.78 is 16.1. The van der Waals surface area contributed by atoms with Gasteiger partial charge in [0.15, 0.2) is 12.1 Å². The third-order valence-corrected chi connectivity index (χ3v) is 2.17. The maximum Gasteiger partial charge on any atom is 0.183 e. The van der Waals surface area contributed by atoms with E-state index in [-0.39, 0.29) is 12.1 Å². The van der Waals surface area contributed by atoms with Gasteiger partial charge < -0.3 is 14.2 Å². The van der Waals surface area contributed by atoms with E-state index in [1.165, 1.54) is 0 Å². The van der Waals surface area contributed by atoms with E-state index in [1.807, 2.05) is 0 Å². The normalized spacial score (nSPS) is 29.2. The van der Waals surface area contributed by atoms with Crippen molar-refractivity contribution < 1.29 is 14.2 Å². The molecule has 1 heterocycles. The Balaban J connectivity index is 2.48. The van der Waals surface area contributed by atoms with E-state index in [4.69, 9.17) is 14.2 Å². The molecule has 66 valence electrons. The molecule has 0 bridgehead atoms. The predicted octanol–water partition coefficient (Wildman–Crippen LogP) is 1.52. The summed E-state index contributed by atoms with van der Waals surface area (Å²) in [5, 5.41) is 0. The van der Waals surface area contributed by atoms with Crippen LogP contribution in [0.4, 0.5) is 0 Å². The molecule has 0 aromatic carbocycles. The zero-order valence-electron chi connectivity index (χ0n) is 7.42. The molecule has 1 fully saturated rings. The summed E-state index contributed by atoms with van der Waals surface area (Å²) in [7, 11) is 1.63. The van der Waals surface area contributed by atoms with Crippen LogP contribution in [0.3, 0.4) is 0 Å². The molecule has 1 aliphatic heterocycles. The van der Waals surface area contributed by atoms with Crippen LogP contribution < -0.4 is 0 Å². The maximum atomic E-state index is 5.55. The lowest BCUT2D eigenvalue weighted by Gasteiger charge is -2.24. The van der Waals surface area contributed by atoms with Gasteiger partial charge in [0.1, 0.15) is 6.61 Å². The smallest absolute Gasteiger partial charge is 0.183 e. The fourth-order valence-electron chi connectivity index (χ4n) is 1.26. The second-order valence-electron chi connectivity index (χ2n) is 2.71. The van der Waals surface area contributed by atoms with Crippen LogP contribution in [0.5, 0.6) is 0 Å². The van der Waals surface area contributed by atoms with Crippen LogP contribution in [0, 0.1) is 0 Å². The fraction of sp³-hybridized carbons (Fsp3) is 1.00. The third-order valence-electron chi connectivity index (χ3n) is 2.17. The zero-order chi connectivity index (χ0) is 8.32. The van der Waals surface area contributed by atoms with Crippen molar-refractivity contribution in [3.63, 3.8) is 0 Å². The molecule has 0 saturated carbocycles. The Morgan fingerprint density at radius 2 is 2.09 bits per heavy atom. The second kappa shape index (κ2) is 3.52. The summed E-state index contributed by atoms with van der Waals surface area (Å²) in [6.45, 7) is 4.67. The minimum atomic E-state index is -0.374. The molecular formula is C8H16O3. The van der Waals surface area contributed by atoms with Gasteiger partial charge in [0.25, 0.3) is 0 Å². The molecule has 0 aromatic heterocycles. The van der Waals surface area contributed by atoms with E-state index in [1.54, 1.807) is 7.11 Å². The van der Waals surface area contributed by atoms with E-state index < -0.39 is 0 Å². The zero-order valence-corrected chi connectivity index (χ0v) is 7.42. The Morgan fingerprint density at radius 3 is 2.36 bits per heavy atom. The highest BCUT2D eigenvalue weighted by Crippen LogP contribution is 2.29. The van der Waals surface area contributed by atoms with Crippen LogP contribution in [0.1, 0.15) is 26.7 Å². The molecule has 1 aliphatic rings. The van der Waals surface area contributed by atoms with Gasteiger partial charge in [0, 0.05) is 7.11 Å². The molecule has 1 saturated heterocycles. The molecule has 1 atom stereocenters. The van der Waals surface area contributed by atoms with Crippen LogP contribution in [0.15, 0.2) is 0 Å². The molecule has 1 unspecified atom stereocenters. The number of rotatable bonds is 3. The van der Waals surface area contributed by atoms with Gasteiger partial charge in [-0.3, -0.25) is 0 Å². The third kappa shape index (κ3) is 1.72. The first-order valence-electron chi connectivity index (χ1n) is 4.11. The second-order valence-corrected chi connectivity index (χ2v) is 2.71. The van der Waals surface area contributed by atoms with Crippen LogP contribution in [0.2, 0.25) is 0 Å². The van der Waals surface area contributed by atoms with E-state index in [2.05, 4.69) is 13.8 Å². The van der Waals surface area contributed by atoms with E-state index >= 15 is 0 Å². The highest BCUT2D eigenvalue weighted by molar-refractivity contribution is 4.72. The number of hydrogen-bond donors (Lipinski definition) is 0. The maximum absolute atomic E-state index is 5.55. The Morgan fingerprint density at radius 1 is 1.45 bits per heavy atom. The quantitative estimate of drug-likeness (QED) is 0.626. The van der Waals surface area contributed by atoms with E-state index in [9.17, 15) is 0 Å². The lowest BCUT2D eigenvalue weighted by molar-refractivity contribution is -0.207. The lowest BCUT2D eigenvalue weighted by Crippen LogP contribution is -2.29. The Hall–Kier alpha value is -0.120. The van der Waals surface area contributed by atoms with E-state index in [0.29, 0.717) is 6.61 Å². The first-order valence-corrected chi connectivity index (χ1v) is 4.11. The SMILES string of the molecule is CCC1(CC)OCC(OC)O1. The van der Waals surface area contributed by atoms with Gasteiger partial charge in [0.05, 0.1) is 0 Å². The standard InChI is InChI=1S/C8H16O3/c1-4-8(5-2)10-6-7(9-3)11-8/h7H,4-6H2,1-3H3. The average Bonchev–Trinajstić information content (AvgIpc) is 2.49. The topological polar surface area (TPSA) is 27.7 Å². The molecule has 0 aromatic rings.